The van der Waals surface area contributed by atoms with Crippen molar-refractivity contribution in [1.29, 1.82) is 0 Å². The average molecular weight is 505 g/mol. The average Bonchev–Trinajstić information content (AvgIpc) is 3.52. The number of hydrazine groups is 1. The number of esters is 2. The topological polar surface area (TPSA) is 127 Å². The molecule has 1 aromatic rings. The molecule has 0 aromatic heterocycles. The van der Waals surface area contributed by atoms with Gasteiger partial charge < -0.3 is 14.2 Å². The zero-order valence-corrected chi connectivity index (χ0v) is 18.7. The number of carbonyl (C=O) groups excluding carboxylic acids is 3. The van der Waals surface area contributed by atoms with E-state index in [1.54, 1.807) is 0 Å². The summed E-state index contributed by atoms with van der Waals surface area (Å²) in [5, 5.41) is 0.236. The van der Waals surface area contributed by atoms with Crippen molar-refractivity contribution in [3.63, 3.8) is 0 Å². The Hall–Kier alpha value is -3.16. The van der Waals surface area contributed by atoms with Crippen LogP contribution in [0, 0.1) is 0 Å². The molecule has 34 heavy (non-hydrogen) atoms. The lowest BCUT2D eigenvalue weighted by Gasteiger charge is -2.24. The standard InChI is InChI=1S/C20H20ClF3N4O6/c1-19(2,18(31)32-7-6-26-3)34-17(30)11-8-10(4-5-12(11)21)27-14(29)9-13(20(22,23)24)28(25)16-15(27)33-16/h4-5,8-9,15-16H,3,6-7,25H2,1-2H3. The lowest BCUT2D eigenvalue weighted by Crippen LogP contribution is -2.40. The van der Waals surface area contributed by atoms with Crippen LogP contribution in [0.1, 0.15) is 24.2 Å². The number of benzene rings is 1. The summed E-state index contributed by atoms with van der Waals surface area (Å²) in [5.74, 6) is 2.54. The van der Waals surface area contributed by atoms with Crippen molar-refractivity contribution in [2.45, 2.75) is 38.1 Å². The first-order valence-electron chi connectivity index (χ1n) is 9.72. The Balaban J connectivity index is 1.86. The third-order valence-electron chi connectivity index (χ3n) is 4.81. The quantitative estimate of drug-likeness (QED) is 0.197. The zero-order valence-electron chi connectivity index (χ0n) is 18.0. The second-order valence-electron chi connectivity index (χ2n) is 7.71. The van der Waals surface area contributed by atoms with Crippen molar-refractivity contribution in [3.05, 3.63) is 40.6 Å². The summed E-state index contributed by atoms with van der Waals surface area (Å²) in [6, 6.07) is 3.70. The molecule has 2 aliphatic rings. The number of hydrogen-bond donors (Lipinski definition) is 1. The molecule has 0 saturated carbocycles. The Morgan fingerprint density at radius 1 is 1.29 bits per heavy atom. The van der Waals surface area contributed by atoms with Crippen molar-refractivity contribution < 1.29 is 41.8 Å². The molecule has 1 fully saturated rings. The second-order valence-corrected chi connectivity index (χ2v) is 8.11. The van der Waals surface area contributed by atoms with Crippen LogP contribution in [0.3, 0.4) is 0 Å². The molecule has 1 saturated heterocycles. The normalized spacial score (nSPS) is 20.2. The number of fused-ring (bicyclic) bond motifs is 1. The molecule has 0 aliphatic carbocycles. The van der Waals surface area contributed by atoms with Gasteiger partial charge in [0.1, 0.15) is 12.3 Å². The minimum atomic E-state index is -4.90. The van der Waals surface area contributed by atoms with Crippen LogP contribution in [-0.2, 0) is 23.8 Å². The first-order valence-corrected chi connectivity index (χ1v) is 10.1. The number of nitrogens with two attached hydrogens (primary N) is 1. The number of alkyl halides is 3. The molecule has 2 heterocycles. The van der Waals surface area contributed by atoms with Gasteiger partial charge in [0.2, 0.25) is 5.60 Å². The number of anilines is 1. The summed E-state index contributed by atoms with van der Waals surface area (Å²) < 4.78 is 55.2. The number of ether oxygens (including phenoxy) is 3. The highest BCUT2D eigenvalue weighted by Crippen LogP contribution is 2.41. The zero-order chi connectivity index (χ0) is 25.4. The summed E-state index contributed by atoms with van der Waals surface area (Å²) in [4.78, 5) is 42.0. The largest absolute Gasteiger partial charge is 0.461 e. The number of epoxide rings is 1. The van der Waals surface area contributed by atoms with Crippen LogP contribution in [0.2, 0.25) is 5.02 Å². The Morgan fingerprint density at radius 3 is 2.59 bits per heavy atom. The van der Waals surface area contributed by atoms with Crippen molar-refractivity contribution in [3.8, 4) is 0 Å². The van der Waals surface area contributed by atoms with Crippen LogP contribution < -0.4 is 10.7 Å². The molecule has 10 nitrogen and oxygen atoms in total. The fourth-order valence-electron chi connectivity index (χ4n) is 3.04. The number of nitrogens with zero attached hydrogens (tertiary/aromatic N) is 3. The van der Waals surface area contributed by atoms with Crippen LogP contribution in [-0.4, -0.2) is 67.0 Å². The molecule has 0 radical (unpaired) electrons. The predicted octanol–water partition coefficient (Wildman–Crippen LogP) is 2.17. The fourth-order valence-corrected chi connectivity index (χ4v) is 3.23. The Kier molecular flexibility index (Phi) is 6.92. The van der Waals surface area contributed by atoms with Crippen LogP contribution in [0.5, 0.6) is 0 Å². The molecule has 2 N–H and O–H groups in total. The Morgan fingerprint density at radius 2 is 1.97 bits per heavy atom. The third kappa shape index (κ3) is 5.16. The van der Waals surface area contributed by atoms with E-state index in [4.69, 9.17) is 31.7 Å². The molecule has 2 unspecified atom stereocenters. The minimum absolute atomic E-state index is 0.000588. The molecular formula is C20H20ClF3N4O6. The van der Waals surface area contributed by atoms with Crippen molar-refractivity contribution in [2.75, 3.05) is 18.1 Å². The lowest BCUT2D eigenvalue weighted by molar-refractivity contribution is -0.162. The van der Waals surface area contributed by atoms with E-state index in [0.29, 0.717) is 11.1 Å². The number of amides is 1. The Bertz CT molecular complexity index is 1060. The van der Waals surface area contributed by atoms with Gasteiger partial charge in [0.15, 0.2) is 12.5 Å². The molecule has 0 spiro atoms. The maximum atomic E-state index is 13.3. The molecule has 2 aliphatic heterocycles. The van der Waals surface area contributed by atoms with E-state index >= 15 is 0 Å². The third-order valence-corrected chi connectivity index (χ3v) is 5.14. The van der Waals surface area contributed by atoms with Gasteiger partial charge in [0, 0.05) is 11.8 Å². The van der Waals surface area contributed by atoms with E-state index in [0.717, 1.165) is 11.0 Å². The molecular weight excluding hydrogens is 485 g/mol. The van der Waals surface area contributed by atoms with E-state index in [9.17, 15) is 27.6 Å². The van der Waals surface area contributed by atoms with Gasteiger partial charge in [-0.05, 0) is 38.8 Å². The highest BCUT2D eigenvalue weighted by molar-refractivity contribution is 6.33. The van der Waals surface area contributed by atoms with Gasteiger partial charge >= 0.3 is 18.1 Å². The maximum absolute atomic E-state index is 13.3. The summed E-state index contributed by atoms with van der Waals surface area (Å²) >= 11 is 6.10. The molecule has 0 bridgehead atoms. The van der Waals surface area contributed by atoms with Gasteiger partial charge in [0.25, 0.3) is 5.91 Å². The van der Waals surface area contributed by atoms with E-state index < -0.39 is 47.8 Å². The number of halogens is 4. The first-order chi connectivity index (χ1) is 15.8. The van der Waals surface area contributed by atoms with E-state index in [1.165, 1.54) is 26.0 Å². The van der Waals surface area contributed by atoms with E-state index in [-0.39, 0.29) is 29.4 Å². The smallest absolute Gasteiger partial charge is 0.432 e. The number of rotatable bonds is 7. The predicted molar refractivity (Wildman–Crippen MR) is 113 cm³/mol. The molecule has 1 amide bonds. The minimum Gasteiger partial charge on any atom is -0.461 e. The number of carbonyl (C=O) groups is 3. The van der Waals surface area contributed by atoms with Crippen molar-refractivity contribution in [1.82, 2.24) is 5.01 Å². The number of aliphatic imine (C=N–C) groups is 1. The molecule has 14 heteroatoms. The van der Waals surface area contributed by atoms with Gasteiger partial charge in [0.05, 0.1) is 17.1 Å². The molecule has 2 atom stereocenters. The highest BCUT2D eigenvalue weighted by Gasteiger charge is 2.56. The van der Waals surface area contributed by atoms with Gasteiger partial charge in [-0.2, -0.15) is 13.2 Å². The fraction of sp³-hybridized carbons (Fsp3) is 0.400. The summed E-state index contributed by atoms with van der Waals surface area (Å²) in [6.07, 6.45) is -6.94. The number of allylic oxidation sites excluding steroid dienone is 1. The summed E-state index contributed by atoms with van der Waals surface area (Å²) in [5.41, 5.74) is -3.33. The second kappa shape index (κ2) is 9.24. The van der Waals surface area contributed by atoms with E-state index in [2.05, 4.69) is 11.7 Å². The maximum Gasteiger partial charge on any atom is 0.432 e. The van der Waals surface area contributed by atoms with Crippen LogP contribution in [0.4, 0.5) is 18.9 Å². The van der Waals surface area contributed by atoms with Crippen LogP contribution in [0.15, 0.2) is 35.0 Å². The van der Waals surface area contributed by atoms with Gasteiger partial charge in [-0.15, -0.1) is 0 Å². The lowest BCUT2D eigenvalue weighted by atomic mass is 10.1. The number of hydrogen-bond acceptors (Lipinski definition) is 9. The van der Waals surface area contributed by atoms with Gasteiger partial charge in [-0.1, -0.05) is 11.6 Å². The monoisotopic (exact) mass is 504 g/mol. The van der Waals surface area contributed by atoms with Crippen molar-refractivity contribution in [2.24, 2.45) is 10.8 Å². The highest BCUT2D eigenvalue weighted by atomic mass is 35.5. The van der Waals surface area contributed by atoms with Crippen LogP contribution in [0.25, 0.3) is 0 Å². The molecule has 184 valence electrons. The van der Waals surface area contributed by atoms with Crippen LogP contribution >= 0.6 is 11.6 Å². The summed E-state index contributed by atoms with van der Waals surface area (Å²) in [6.45, 7) is 5.94. The Labute approximate surface area is 196 Å². The van der Waals surface area contributed by atoms with E-state index in [1.807, 2.05) is 0 Å². The molecule has 3 rings (SSSR count). The van der Waals surface area contributed by atoms with Gasteiger partial charge in [-0.3, -0.25) is 19.7 Å². The molecule has 1 aromatic carbocycles. The first kappa shape index (κ1) is 25.5. The van der Waals surface area contributed by atoms with Crippen molar-refractivity contribution >= 4 is 41.9 Å². The summed E-state index contributed by atoms with van der Waals surface area (Å²) in [7, 11) is 0. The van der Waals surface area contributed by atoms with Gasteiger partial charge in [-0.25, -0.2) is 15.4 Å². The SMILES string of the molecule is C=NCCOC(=O)C(C)(C)OC(=O)c1cc(N2C(=O)C=C(C(F)(F)F)N(N)C3OC32)ccc1Cl.